The van der Waals surface area contributed by atoms with Crippen molar-refractivity contribution in [1.29, 1.82) is 0 Å². The number of hydrogen-bond acceptors (Lipinski definition) is 5. The third kappa shape index (κ3) is 7.68. The fourth-order valence-corrected chi connectivity index (χ4v) is 3.55. The van der Waals surface area contributed by atoms with Crippen molar-refractivity contribution in [3.8, 4) is 11.5 Å². The normalized spacial score (nSPS) is 17.6. The molecule has 0 aliphatic carbocycles. The monoisotopic (exact) mass is 426 g/mol. The van der Waals surface area contributed by atoms with Gasteiger partial charge in [-0.15, -0.1) is 0 Å². The van der Waals surface area contributed by atoms with Crippen LogP contribution in [-0.2, 0) is 4.74 Å². The molecule has 1 fully saturated rings. The molecule has 1 aliphatic rings. The lowest BCUT2D eigenvalue weighted by molar-refractivity contribution is -0.0295. The first kappa shape index (κ1) is 23.8. The van der Waals surface area contributed by atoms with Gasteiger partial charge in [0, 0.05) is 31.7 Å². The van der Waals surface area contributed by atoms with Crippen LogP contribution in [0.4, 0.5) is 0 Å². The highest BCUT2D eigenvalue weighted by Crippen LogP contribution is 2.36. The summed E-state index contributed by atoms with van der Waals surface area (Å²) in [5, 5.41) is 3.32. The summed E-state index contributed by atoms with van der Waals surface area (Å²) in [6.45, 7) is 13.2. The van der Waals surface area contributed by atoms with E-state index in [9.17, 15) is 4.79 Å². The molecule has 7 heteroatoms. The number of benzene rings is 1. The Hall–Kier alpha value is -1.50. The second kappa shape index (κ2) is 11.6. The summed E-state index contributed by atoms with van der Waals surface area (Å²) in [7, 11) is 1.54. The Morgan fingerprint density at radius 2 is 2.07 bits per heavy atom. The van der Waals surface area contributed by atoms with Gasteiger partial charge in [-0.25, -0.2) is 0 Å². The number of amides is 1. The molecule has 1 saturated heterocycles. The Labute approximate surface area is 179 Å². The maximum Gasteiger partial charge on any atom is 0.251 e. The summed E-state index contributed by atoms with van der Waals surface area (Å²) in [5.74, 6) is 1.88. The van der Waals surface area contributed by atoms with E-state index >= 15 is 0 Å². The number of methoxy groups -OCH3 is 1. The highest BCUT2D eigenvalue weighted by atomic mass is 35.5. The number of carbonyl (C=O) groups excluding carboxylic acids is 1. The average Bonchev–Trinajstić information content (AvgIpc) is 2.66. The zero-order valence-corrected chi connectivity index (χ0v) is 19.1. The third-order valence-corrected chi connectivity index (χ3v) is 5.05. The van der Waals surface area contributed by atoms with Crippen LogP contribution in [0.5, 0.6) is 11.5 Å². The first-order valence-electron chi connectivity index (χ1n) is 10.4. The average molecular weight is 427 g/mol. The van der Waals surface area contributed by atoms with Crippen LogP contribution < -0.4 is 14.8 Å². The van der Waals surface area contributed by atoms with Crippen molar-refractivity contribution in [1.82, 2.24) is 10.2 Å². The van der Waals surface area contributed by atoms with E-state index in [1.54, 1.807) is 19.2 Å². The summed E-state index contributed by atoms with van der Waals surface area (Å²) < 4.78 is 17.0. The molecule has 0 bridgehead atoms. The molecule has 0 radical (unpaired) electrons. The predicted octanol–water partition coefficient (Wildman–Crippen LogP) is 3.86. The van der Waals surface area contributed by atoms with Crippen LogP contribution in [0.25, 0.3) is 0 Å². The fraction of sp³-hybridized carbons (Fsp3) is 0.682. The van der Waals surface area contributed by atoms with Gasteiger partial charge in [0.25, 0.3) is 5.91 Å². The number of nitrogens with zero attached hydrogens (tertiary/aromatic N) is 1. The topological polar surface area (TPSA) is 60.0 Å². The lowest BCUT2D eigenvalue weighted by Gasteiger charge is -2.33. The molecule has 1 aliphatic heterocycles. The maximum absolute atomic E-state index is 12.6. The Morgan fingerprint density at radius 3 is 2.72 bits per heavy atom. The van der Waals surface area contributed by atoms with Crippen molar-refractivity contribution in [2.45, 2.75) is 40.2 Å². The minimum absolute atomic E-state index is 0.0116. The largest absolute Gasteiger partial charge is 0.493 e. The predicted molar refractivity (Wildman–Crippen MR) is 116 cm³/mol. The molecule has 1 unspecified atom stereocenters. The van der Waals surface area contributed by atoms with E-state index in [-0.39, 0.29) is 12.0 Å². The molecule has 1 heterocycles. The molecular weight excluding hydrogens is 392 g/mol. The lowest BCUT2D eigenvalue weighted by Crippen LogP contribution is -2.48. The van der Waals surface area contributed by atoms with Crippen molar-refractivity contribution >= 4 is 17.5 Å². The summed E-state index contributed by atoms with van der Waals surface area (Å²) in [6, 6.07) is 3.29. The molecule has 0 aromatic heterocycles. The van der Waals surface area contributed by atoms with Gasteiger partial charge in [-0.1, -0.05) is 39.3 Å². The number of carbonyl (C=O) groups is 1. The molecule has 1 aromatic rings. The molecule has 164 valence electrons. The van der Waals surface area contributed by atoms with Crippen LogP contribution >= 0.6 is 11.6 Å². The number of ether oxygens (including phenoxy) is 3. The highest BCUT2D eigenvalue weighted by Gasteiger charge is 2.22. The van der Waals surface area contributed by atoms with Crippen LogP contribution in [0.2, 0.25) is 5.02 Å². The molecule has 0 spiro atoms. The SMILES string of the molecule is COc1cc(C(=O)NCC2CN(CC(C)C)CCO2)cc(Cl)c1OCCC(C)C. The Morgan fingerprint density at radius 1 is 1.31 bits per heavy atom. The summed E-state index contributed by atoms with van der Waals surface area (Å²) in [4.78, 5) is 15.0. The number of halogens is 1. The van der Waals surface area contributed by atoms with Crippen molar-refractivity contribution in [2.24, 2.45) is 11.8 Å². The molecule has 1 atom stereocenters. The molecule has 0 saturated carbocycles. The van der Waals surface area contributed by atoms with Gasteiger partial charge in [-0.05, 0) is 30.4 Å². The standard InChI is InChI=1S/C22H35ClN2O4/c1-15(2)6-8-29-21-19(23)10-17(11-20(21)27-5)22(26)24-12-18-14-25(7-9-28-18)13-16(3)4/h10-11,15-16,18H,6-9,12-14H2,1-5H3,(H,24,26). The zero-order valence-electron chi connectivity index (χ0n) is 18.3. The van der Waals surface area contributed by atoms with Gasteiger partial charge in [-0.3, -0.25) is 9.69 Å². The summed E-state index contributed by atoms with van der Waals surface area (Å²) in [6.07, 6.45) is 0.902. The molecule has 2 rings (SSSR count). The second-order valence-corrected chi connectivity index (χ2v) is 8.78. The van der Waals surface area contributed by atoms with Gasteiger partial charge in [0.15, 0.2) is 11.5 Å². The molecule has 6 nitrogen and oxygen atoms in total. The van der Waals surface area contributed by atoms with Crippen LogP contribution in [0, 0.1) is 11.8 Å². The molecule has 29 heavy (non-hydrogen) atoms. The smallest absolute Gasteiger partial charge is 0.251 e. The molecule has 1 N–H and O–H groups in total. The quantitative estimate of drug-likeness (QED) is 0.615. The molecule has 1 aromatic carbocycles. The number of rotatable bonds is 10. The first-order chi connectivity index (χ1) is 13.8. The van der Waals surface area contributed by atoms with Crippen molar-refractivity contribution < 1.29 is 19.0 Å². The van der Waals surface area contributed by atoms with Gasteiger partial charge in [0.2, 0.25) is 0 Å². The molecule has 1 amide bonds. The van der Waals surface area contributed by atoms with Gasteiger partial charge >= 0.3 is 0 Å². The van der Waals surface area contributed by atoms with Gasteiger partial charge in [0.05, 0.1) is 31.5 Å². The zero-order chi connectivity index (χ0) is 21.4. The fourth-order valence-electron chi connectivity index (χ4n) is 3.28. The van der Waals surface area contributed by atoms with E-state index in [0.29, 0.717) is 53.7 Å². The number of morpholine rings is 1. The van der Waals surface area contributed by atoms with Crippen LogP contribution in [0.3, 0.4) is 0 Å². The van der Waals surface area contributed by atoms with Crippen LogP contribution in [-0.4, -0.2) is 63.4 Å². The maximum atomic E-state index is 12.6. The van der Waals surface area contributed by atoms with E-state index < -0.39 is 0 Å². The van der Waals surface area contributed by atoms with Gasteiger partial charge < -0.3 is 19.5 Å². The lowest BCUT2D eigenvalue weighted by atomic mass is 10.1. The Bertz CT molecular complexity index is 666. The van der Waals surface area contributed by atoms with Gasteiger partial charge in [0.1, 0.15) is 0 Å². The minimum Gasteiger partial charge on any atom is -0.493 e. The Kier molecular flexibility index (Phi) is 9.53. The summed E-state index contributed by atoms with van der Waals surface area (Å²) >= 11 is 6.37. The first-order valence-corrected chi connectivity index (χ1v) is 10.8. The van der Waals surface area contributed by atoms with Crippen molar-refractivity contribution in [3.05, 3.63) is 22.7 Å². The third-order valence-electron chi connectivity index (χ3n) is 4.77. The van der Waals surface area contributed by atoms with Gasteiger partial charge in [-0.2, -0.15) is 0 Å². The summed E-state index contributed by atoms with van der Waals surface area (Å²) in [5.41, 5.74) is 0.443. The number of hydrogen-bond donors (Lipinski definition) is 1. The van der Waals surface area contributed by atoms with Crippen LogP contribution in [0.15, 0.2) is 12.1 Å². The Balaban J connectivity index is 1.95. The van der Waals surface area contributed by atoms with E-state index in [2.05, 4.69) is 37.9 Å². The van der Waals surface area contributed by atoms with E-state index in [1.165, 1.54) is 0 Å². The van der Waals surface area contributed by atoms with Crippen LogP contribution in [0.1, 0.15) is 44.5 Å². The molecular formula is C22H35ClN2O4. The second-order valence-electron chi connectivity index (χ2n) is 8.38. The minimum atomic E-state index is -0.205. The van der Waals surface area contributed by atoms with E-state index in [1.807, 2.05) is 0 Å². The number of nitrogens with one attached hydrogen (secondary N) is 1. The highest BCUT2D eigenvalue weighted by molar-refractivity contribution is 6.32. The van der Waals surface area contributed by atoms with Crippen molar-refractivity contribution in [3.63, 3.8) is 0 Å². The van der Waals surface area contributed by atoms with Crippen molar-refractivity contribution in [2.75, 3.05) is 46.5 Å². The van der Waals surface area contributed by atoms with E-state index in [4.69, 9.17) is 25.8 Å². The van der Waals surface area contributed by atoms with E-state index in [0.717, 1.165) is 26.1 Å².